The van der Waals surface area contributed by atoms with Crippen molar-refractivity contribution in [3.05, 3.63) is 23.4 Å². The van der Waals surface area contributed by atoms with Crippen LogP contribution in [0.4, 0.5) is 5.82 Å². The van der Waals surface area contributed by atoms with Gasteiger partial charge in [0.05, 0.1) is 5.56 Å². The van der Waals surface area contributed by atoms with Crippen LogP contribution in [0.25, 0.3) is 0 Å². The number of hydrogen-bond donors (Lipinski definition) is 3. The van der Waals surface area contributed by atoms with Gasteiger partial charge in [-0.25, -0.2) is 4.98 Å². The topological polar surface area (TPSA) is 94.0 Å². The number of nitrogens with zero attached hydrogens (tertiary/aromatic N) is 1. The number of hydrogen-bond acceptors (Lipinski definition) is 4. The van der Waals surface area contributed by atoms with Gasteiger partial charge in [-0.2, -0.15) is 0 Å². The summed E-state index contributed by atoms with van der Waals surface area (Å²) in [7, 11) is 0. The predicted octanol–water partition coefficient (Wildman–Crippen LogP) is 1.09. The number of anilines is 1. The van der Waals surface area contributed by atoms with Crippen molar-refractivity contribution in [3.63, 3.8) is 0 Å². The van der Waals surface area contributed by atoms with Gasteiger partial charge in [0, 0.05) is 17.7 Å². The van der Waals surface area contributed by atoms with Crippen LogP contribution in [-0.4, -0.2) is 21.4 Å². The van der Waals surface area contributed by atoms with E-state index in [2.05, 4.69) is 10.3 Å². The van der Waals surface area contributed by atoms with E-state index in [0.717, 1.165) is 5.69 Å². The first kappa shape index (κ1) is 14.4. The zero-order valence-electron chi connectivity index (χ0n) is 10.8. The Hall–Kier alpha value is -1.69. The number of carbonyl (C=O) groups is 1. The first-order valence-corrected chi connectivity index (χ1v) is 5.96. The maximum absolute atomic E-state index is 11.0. The second-order valence-corrected chi connectivity index (χ2v) is 5.30. The number of aromatic nitrogens is 1. The molecule has 0 fully saturated rings. The molecule has 0 aliphatic rings. The van der Waals surface area contributed by atoms with Gasteiger partial charge in [-0.1, -0.05) is 12.2 Å². The van der Waals surface area contributed by atoms with Crippen LogP contribution in [0.3, 0.4) is 0 Å². The molecule has 0 saturated carbocycles. The zero-order valence-corrected chi connectivity index (χ0v) is 11.6. The van der Waals surface area contributed by atoms with E-state index in [1.165, 1.54) is 0 Å². The van der Waals surface area contributed by atoms with Crippen molar-refractivity contribution in [2.45, 2.75) is 32.7 Å². The van der Waals surface area contributed by atoms with E-state index in [-0.39, 0.29) is 17.3 Å². The van der Waals surface area contributed by atoms with Crippen molar-refractivity contribution in [2.24, 2.45) is 11.5 Å². The number of thiocarbonyl (C=S) groups is 1. The summed E-state index contributed by atoms with van der Waals surface area (Å²) >= 11 is 4.98. The molecule has 0 spiro atoms. The zero-order chi connectivity index (χ0) is 13.9. The van der Waals surface area contributed by atoms with Crippen molar-refractivity contribution in [3.8, 4) is 0 Å². The number of nitrogens with two attached hydrogens (primary N) is 2. The Bertz CT molecular complexity index is 485. The van der Waals surface area contributed by atoms with E-state index in [1.807, 2.05) is 32.9 Å². The van der Waals surface area contributed by atoms with Crippen LogP contribution in [0.2, 0.25) is 0 Å². The Kier molecular flexibility index (Phi) is 4.24. The fourth-order valence-corrected chi connectivity index (χ4v) is 1.82. The number of aryl methyl sites for hydroxylation is 1. The van der Waals surface area contributed by atoms with Crippen LogP contribution in [0.15, 0.2) is 12.1 Å². The number of primary amides is 1. The number of nitrogens with one attached hydrogen (secondary N) is 1. The van der Waals surface area contributed by atoms with E-state index in [4.69, 9.17) is 23.7 Å². The van der Waals surface area contributed by atoms with Crippen molar-refractivity contribution in [1.82, 2.24) is 4.98 Å². The first-order valence-electron chi connectivity index (χ1n) is 5.55. The summed E-state index contributed by atoms with van der Waals surface area (Å²) in [6.45, 7) is 5.60. The van der Waals surface area contributed by atoms with Gasteiger partial charge in [-0.15, -0.1) is 0 Å². The average Bonchev–Trinajstić information content (AvgIpc) is 2.13. The van der Waals surface area contributed by atoms with Crippen LogP contribution >= 0.6 is 12.2 Å². The monoisotopic (exact) mass is 266 g/mol. The molecular weight excluding hydrogens is 248 g/mol. The number of carbonyl (C=O) groups excluding carboxylic acids is 1. The molecule has 1 amide bonds. The molecule has 1 aromatic heterocycles. The molecule has 0 saturated heterocycles. The van der Waals surface area contributed by atoms with E-state index < -0.39 is 5.54 Å². The summed E-state index contributed by atoms with van der Waals surface area (Å²) in [6.07, 6.45) is 0.194. The SMILES string of the molecule is Cc1ccc(C(N)=S)c(NC(C)(C)CC(N)=O)n1. The van der Waals surface area contributed by atoms with Gasteiger partial charge in [-0.3, -0.25) is 4.79 Å². The predicted molar refractivity (Wildman–Crippen MR) is 76.4 cm³/mol. The molecule has 1 heterocycles. The minimum absolute atomic E-state index is 0.194. The first-order chi connectivity index (χ1) is 8.21. The Morgan fingerprint density at radius 3 is 2.56 bits per heavy atom. The molecule has 0 radical (unpaired) electrons. The largest absolute Gasteiger partial charge is 0.389 e. The summed E-state index contributed by atoms with van der Waals surface area (Å²) in [4.78, 5) is 15.6. The highest BCUT2D eigenvalue weighted by atomic mass is 32.1. The molecule has 0 aliphatic carbocycles. The molecule has 5 N–H and O–H groups in total. The smallest absolute Gasteiger partial charge is 0.219 e. The van der Waals surface area contributed by atoms with Gasteiger partial charge >= 0.3 is 0 Å². The summed E-state index contributed by atoms with van der Waals surface area (Å²) in [6, 6.07) is 3.65. The molecule has 0 unspecified atom stereocenters. The number of rotatable bonds is 5. The average molecular weight is 266 g/mol. The Labute approximate surface area is 112 Å². The van der Waals surface area contributed by atoms with Gasteiger partial charge in [-0.05, 0) is 32.9 Å². The Balaban J connectivity index is 3.05. The van der Waals surface area contributed by atoms with Gasteiger partial charge < -0.3 is 16.8 Å². The number of amides is 1. The van der Waals surface area contributed by atoms with Crippen LogP contribution in [0.1, 0.15) is 31.5 Å². The van der Waals surface area contributed by atoms with Crippen LogP contribution in [0, 0.1) is 6.92 Å². The molecule has 0 bridgehead atoms. The van der Waals surface area contributed by atoms with Crippen molar-refractivity contribution in [2.75, 3.05) is 5.32 Å². The van der Waals surface area contributed by atoms with Crippen LogP contribution in [-0.2, 0) is 4.79 Å². The van der Waals surface area contributed by atoms with Gasteiger partial charge in [0.25, 0.3) is 0 Å². The standard InChI is InChI=1S/C12H18N4OS/c1-7-4-5-8(10(14)18)11(15-7)16-12(2,3)6-9(13)17/h4-5H,6H2,1-3H3,(H2,13,17)(H2,14,18)(H,15,16). The van der Waals surface area contributed by atoms with E-state index in [9.17, 15) is 4.79 Å². The lowest BCUT2D eigenvalue weighted by Crippen LogP contribution is -2.37. The molecule has 0 atom stereocenters. The lowest BCUT2D eigenvalue weighted by atomic mass is 10.00. The quantitative estimate of drug-likeness (QED) is 0.694. The van der Waals surface area contributed by atoms with E-state index >= 15 is 0 Å². The maximum atomic E-state index is 11.0. The third-order valence-electron chi connectivity index (χ3n) is 2.37. The third kappa shape index (κ3) is 3.96. The second kappa shape index (κ2) is 5.30. The molecule has 6 heteroatoms. The van der Waals surface area contributed by atoms with Crippen molar-refractivity contribution >= 4 is 28.9 Å². The maximum Gasteiger partial charge on any atom is 0.219 e. The summed E-state index contributed by atoms with van der Waals surface area (Å²) < 4.78 is 0. The summed E-state index contributed by atoms with van der Waals surface area (Å²) in [5.74, 6) is 0.200. The molecule has 1 aromatic rings. The highest BCUT2D eigenvalue weighted by Crippen LogP contribution is 2.20. The number of pyridine rings is 1. The molecule has 18 heavy (non-hydrogen) atoms. The molecule has 0 aromatic carbocycles. The molecular formula is C12H18N4OS. The molecule has 98 valence electrons. The highest BCUT2D eigenvalue weighted by molar-refractivity contribution is 7.80. The molecule has 1 rings (SSSR count). The second-order valence-electron chi connectivity index (χ2n) is 4.87. The minimum Gasteiger partial charge on any atom is -0.389 e. The van der Waals surface area contributed by atoms with Gasteiger partial charge in [0.15, 0.2) is 0 Å². The summed E-state index contributed by atoms with van der Waals surface area (Å²) in [5.41, 5.74) is 11.8. The van der Waals surface area contributed by atoms with E-state index in [0.29, 0.717) is 11.4 Å². The van der Waals surface area contributed by atoms with E-state index in [1.54, 1.807) is 0 Å². The Morgan fingerprint density at radius 2 is 2.06 bits per heavy atom. The van der Waals surface area contributed by atoms with Gasteiger partial charge in [0.1, 0.15) is 10.8 Å². The third-order valence-corrected chi connectivity index (χ3v) is 2.59. The lowest BCUT2D eigenvalue weighted by Gasteiger charge is -2.26. The highest BCUT2D eigenvalue weighted by Gasteiger charge is 2.22. The normalized spacial score (nSPS) is 11.1. The van der Waals surface area contributed by atoms with Crippen LogP contribution in [0.5, 0.6) is 0 Å². The fourth-order valence-electron chi connectivity index (χ4n) is 1.65. The van der Waals surface area contributed by atoms with Crippen molar-refractivity contribution in [1.29, 1.82) is 0 Å². The fraction of sp³-hybridized carbons (Fsp3) is 0.417. The Morgan fingerprint density at radius 1 is 1.44 bits per heavy atom. The van der Waals surface area contributed by atoms with Gasteiger partial charge in [0.2, 0.25) is 5.91 Å². The molecule has 5 nitrogen and oxygen atoms in total. The minimum atomic E-state index is -0.508. The van der Waals surface area contributed by atoms with Crippen molar-refractivity contribution < 1.29 is 4.79 Å². The lowest BCUT2D eigenvalue weighted by molar-refractivity contribution is -0.118. The van der Waals surface area contributed by atoms with Crippen LogP contribution < -0.4 is 16.8 Å². The molecule has 0 aliphatic heterocycles. The summed E-state index contributed by atoms with van der Waals surface area (Å²) in [5, 5.41) is 3.16.